The van der Waals surface area contributed by atoms with Crippen molar-refractivity contribution in [1.29, 1.82) is 0 Å². The molecule has 2 rings (SSSR count). The van der Waals surface area contributed by atoms with Gasteiger partial charge in [-0.05, 0) is 18.2 Å². The summed E-state index contributed by atoms with van der Waals surface area (Å²) in [6, 6.07) is 9.77. The number of hydrogen-bond donors (Lipinski definition) is 0. The van der Waals surface area contributed by atoms with Crippen LogP contribution in [-0.2, 0) is 0 Å². The van der Waals surface area contributed by atoms with Crippen LogP contribution in [0.25, 0.3) is 0 Å². The van der Waals surface area contributed by atoms with Gasteiger partial charge in [0.05, 0.1) is 23.0 Å². The molecule has 0 bridgehead atoms. The van der Waals surface area contributed by atoms with E-state index in [0.717, 1.165) is 0 Å². The van der Waals surface area contributed by atoms with Crippen LogP contribution in [0.1, 0.15) is 5.76 Å². The van der Waals surface area contributed by atoms with Gasteiger partial charge in [0.1, 0.15) is 4.92 Å². The van der Waals surface area contributed by atoms with Gasteiger partial charge in [0.25, 0.3) is 0 Å². The summed E-state index contributed by atoms with van der Waals surface area (Å²) in [7, 11) is 0. The highest BCUT2D eigenvalue weighted by Crippen LogP contribution is 2.23. The zero-order valence-corrected chi connectivity index (χ0v) is 9.29. The van der Waals surface area contributed by atoms with E-state index in [1.807, 2.05) is 0 Å². The van der Waals surface area contributed by atoms with Gasteiger partial charge >= 0.3 is 5.88 Å². The minimum Gasteiger partial charge on any atom is -0.400 e. The average Bonchev–Trinajstić information content (AvgIpc) is 2.77. The summed E-state index contributed by atoms with van der Waals surface area (Å²) in [5, 5.41) is 10.9. The highest BCUT2D eigenvalue weighted by Gasteiger charge is 2.10. The predicted octanol–water partition coefficient (Wildman–Crippen LogP) is 3.59. The molecule has 0 radical (unpaired) electrons. The predicted molar refractivity (Wildman–Crippen MR) is 64.1 cm³/mol. The zero-order valence-electron chi connectivity index (χ0n) is 8.54. The molecule has 0 fully saturated rings. The van der Waals surface area contributed by atoms with Crippen LogP contribution in [0.2, 0.25) is 5.02 Å². The first-order chi connectivity index (χ1) is 8.16. The lowest BCUT2D eigenvalue weighted by Crippen LogP contribution is -1.83. The van der Waals surface area contributed by atoms with Crippen LogP contribution in [0.3, 0.4) is 0 Å². The van der Waals surface area contributed by atoms with Crippen LogP contribution in [0, 0.1) is 10.1 Å². The third kappa shape index (κ3) is 2.70. The maximum atomic E-state index is 10.4. The number of hydrogen-bond acceptors (Lipinski definition) is 4. The van der Waals surface area contributed by atoms with Crippen LogP contribution in [0.4, 0.5) is 11.6 Å². The lowest BCUT2D eigenvalue weighted by Gasteiger charge is -1.94. The van der Waals surface area contributed by atoms with Crippen molar-refractivity contribution in [3.8, 4) is 0 Å². The summed E-state index contributed by atoms with van der Waals surface area (Å²) in [5.41, 5.74) is 0.577. The number of para-hydroxylation sites is 1. The van der Waals surface area contributed by atoms with Gasteiger partial charge < -0.3 is 4.42 Å². The van der Waals surface area contributed by atoms with Gasteiger partial charge in [-0.1, -0.05) is 23.7 Å². The molecule has 5 nitrogen and oxygen atoms in total. The Morgan fingerprint density at radius 2 is 2.06 bits per heavy atom. The van der Waals surface area contributed by atoms with Gasteiger partial charge in [0.2, 0.25) is 0 Å². The van der Waals surface area contributed by atoms with Gasteiger partial charge in [0.15, 0.2) is 5.76 Å². The maximum Gasteiger partial charge on any atom is 0.433 e. The van der Waals surface area contributed by atoms with E-state index in [1.165, 1.54) is 18.3 Å². The number of nitrogens with zero attached hydrogens (tertiary/aromatic N) is 2. The Morgan fingerprint density at radius 1 is 1.29 bits per heavy atom. The van der Waals surface area contributed by atoms with Gasteiger partial charge in [-0.15, -0.1) is 0 Å². The molecule has 1 aromatic heterocycles. The third-order valence-electron chi connectivity index (χ3n) is 1.98. The number of halogens is 1. The summed E-state index contributed by atoms with van der Waals surface area (Å²) in [4.78, 5) is 13.9. The molecule has 0 saturated heterocycles. The maximum absolute atomic E-state index is 10.4. The molecule has 2 aromatic rings. The molecule has 0 amide bonds. The summed E-state index contributed by atoms with van der Waals surface area (Å²) in [5.74, 6) is -0.0118. The van der Waals surface area contributed by atoms with E-state index in [2.05, 4.69) is 4.99 Å². The molecule has 0 saturated carbocycles. The number of nitro groups is 1. The van der Waals surface area contributed by atoms with E-state index in [9.17, 15) is 10.1 Å². The summed E-state index contributed by atoms with van der Waals surface area (Å²) < 4.78 is 4.92. The number of aliphatic imine (C=N–C) groups is 1. The number of furan rings is 1. The standard InChI is InChI=1S/C11H7ClN2O3/c12-9-3-1-2-4-10(9)13-7-8-5-6-11(17-8)14(15)16/h1-7H. The third-order valence-corrected chi connectivity index (χ3v) is 2.30. The van der Waals surface area contributed by atoms with E-state index >= 15 is 0 Å². The molecule has 6 heteroatoms. The minimum absolute atomic E-state index is 0.302. The van der Waals surface area contributed by atoms with E-state index in [-0.39, 0.29) is 5.88 Å². The monoisotopic (exact) mass is 250 g/mol. The van der Waals surface area contributed by atoms with Crippen molar-refractivity contribution in [3.63, 3.8) is 0 Å². The fourth-order valence-corrected chi connectivity index (χ4v) is 1.38. The van der Waals surface area contributed by atoms with Crippen molar-refractivity contribution in [3.05, 3.63) is 57.3 Å². The Bertz CT molecular complexity index is 578. The molecule has 0 aliphatic rings. The first kappa shape index (κ1) is 11.3. The Kier molecular flexibility index (Phi) is 3.20. The smallest absolute Gasteiger partial charge is 0.400 e. The fourth-order valence-electron chi connectivity index (χ4n) is 1.20. The van der Waals surface area contributed by atoms with Crippen molar-refractivity contribution < 1.29 is 9.34 Å². The van der Waals surface area contributed by atoms with Crippen molar-refractivity contribution in [2.45, 2.75) is 0 Å². The van der Waals surface area contributed by atoms with Crippen molar-refractivity contribution in [2.75, 3.05) is 0 Å². The molecule has 17 heavy (non-hydrogen) atoms. The SMILES string of the molecule is O=[N+]([O-])c1ccc(C=Nc2ccccc2Cl)o1. The van der Waals surface area contributed by atoms with Crippen LogP contribution in [0.5, 0.6) is 0 Å². The van der Waals surface area contributed by atoms with Crippen molar-refractivity contribution in [2.24, 2.45) is 4.99 Å². The average molecular weight is 251 g/mol. The topological polar surface area (TPSA) is 68.6 Å². The molecule has 0 N–H and O–H groups in total. The lowest BCUT2D eigenvalue weighted by molar-refractivity contribution is -0.402. The Morgan fingerprint density at radius 3 is 2.71 bits per heavy atom. The summed E-state index contributed by atoms with van der Waals surface area (Å²) in [6.45, 7) is 0. The molecule has 1 heterocycles. The van der Waals surface area contributed by atoms with E-state index < -0.39 is 4.92 Å². The first-order valence-electron chi connectivity index (χ1n) is 4.69. The molecule has 1 aromatic carbocycles. The van der Waals surface area contributed by atoms with Crippen LogP contribution >= 0.6 is 11.6 Å². The number of rotatable bonds is 3. The number of benzene rings is 1. The molecule has 0 atom stereocenters. The summed E-state index contributed by atoms with van der Waals surface area (Å²) in [6.07, 6.45) is 1.38. The highest BCUT2D eigenvalue weighted by atomic mass is 35.5. The quantitative estimate of drug-likeness (QED) is 0.475. The second kappa shape index (κ2) is 4.80. The van der Waals surface area contributed by atoms with E-state index in [0.29, 0.717) is 16.5 Å². The van der Waals surface area contributed by atoms with Gasteiger partial charge in [0, 0.05) is 0 Å². The lowest BCUT2D eigenvalue weighted by atomic mass is 10.3. The molecule has 0 aliphatic heterocycles. The van der Waals surface area contributed by atoms with Crippen LogP contribution in [-0.4, -0.2) is 11.1 Å². The molecular weight excluding hydrogens is 244 g/mol. The second-order valence-electron chi connectivity index (χ2n) is 3.14. The van der Waals surface area contributed by atoms with Crippen LogP contribution < -0.4 is 0 Å². The Labute approximate surface area is 101 Å². The largest absolute Gasteiger partial charge is 0.433 e. The van der Waals surface area contributed by atoms with Gasteiger partial charge in [-0.25, -0.2) is 0 Å². The first-order valence-corrected chi connectivity index (χ1v) is 5.07. The zero-order chi connectivity index (χ0) is 12.3. The molecule has 86 valence electrons. The van der Waals surface area contributed by atoms with Crippen molar-refractivity contribution in [1.82, 2.24) is 0 Å². The molecule has 0 aliphatic carbocycles. The molecule has 0 spiro atoms. The molecular formula is C11H7ClN2O3. The van der Waals surface area contributed by atoms with Gasteiger partial charge in [-0.2, -0.15) is 0 Å². The summed E-state index contributed by atoms with van der Waals surface area (Å²) >= 11 is 5.89. The highest BCUT2D eigenvalue weighted by molar-refractivity contribution is 6.33. The Balaban J connectivity index is 2.20. The Hall–Kier alpha value is -2.14. The fraction of sp³-hybridized carbons (Fsp3) is 0. The van der Waals surface area contributed by atoms with Crippen molar-refractivity contribution >= 4 is 29.4 Å². The normalized spacial score (nSPS) is 10.9. The second-order valence-corrected chi connectivity index (χ2v) is 3.55. The van der Waals surface area contributed by atoms with Crippen LogP contribution in [0.15, 0.2) is 45.8 Å². The molecule has 0 unspecified atom stereocenters. The van der Waals surface area contributed by atoms with E-state index in [4.69, 9.17) is 16.0 Å². The van der Waals surface area contributed by atoms with E-state index in [1.54, 1.807) is 24.3 Å². The van der Waals surface area contributed by atoms with Gasteiger partial charge in [-0.3, -0.25) is 15.1 Å². The minimum atomic E-state index is -0.604.